The van der Waals surface area contributed by atoms with Gasteiger partial charge in [-0.3, -0.25) is 0 Å². The molecule has 3 aliphatic rings. The summed E-state index contributed by atoms with van der Waals surface area (Å²) >= 11 is 0. The summed E-state index contributed by atoms with van der Waals surface area (Å²) in [5.74, 6) is 1.18. The van der Waals surface area contributed by atoms with Crippen LogP contribution in [0.5, 0.6) is 0 Å². The number of rotatable bonds is 1. The molecular weight excluding hydrogens is 192 g/mol. The summed E-state index contributed by atoms with van der Waals surface area (Å²) in [6, 6.07) is -0.296. The predicted molar refractivity (Wildman–Crippen MR) is 53.4 cm³/mol. The highest BCUT2D eigenvalue weighted by Crippen LogP contribution is 2.69. The number of esters is 1. The van der Waals surface area contributed by atoms with Crippen LogP contribution in [0.15, 0.2) is 10.2 Å². The Balaban J connectivity index is 1.85. The fourth-order valence-corrected chi connectivity index (χ4v) is 3.75. The number of methoxy groups -OCH3 is 1. The van der Waals surface area contributed by atoms with E-state index in [1.54, 1.807) is 0 Å². The lowest BCUT2D eigenvalue weighted by Gasteiger charge is -2.14. The number of carbonyl (C=O) groups is 1. The van der Waals surface area contributed by atoms with E-state index in [9.17, 15) is 4.79 Å². The number of nitrogens with zero attached hydrogens (tertiary/aromatic N) is 2. The molecule has 0 aromatic rings. The van der Waals surface area contributed by atoms with Crippen LogP contribution in [0.25, 0.3) is 0 Å². The van der Waals surface area contributed by atoms with E-state index in [4.69, 9.17) is 4.74 Å². The third-order valence-electron chi connectivity index (χ3n) is 4.51. The lowest BCUT2D eigenvalue weighted by molar-refractivity contribution is -0.143. The number of fused-ring (bicyclic) bond motifs is 3. The summed E-state index contributed by atoms with van der Waals surface area (Å²) in [6.07, 6.45) is 5.11. The normalized spacial score (nSPS) is 46.6. The van der Waals surface area contributed by atoms with Gasteiger partial charge in [-0.2, -0.15) is 10.2 Å². The van der Waals surface area contributed by atoms with Gasteiger partial charge in [0.2, 0.25) is 0 Å². The molecule has 2 aliphatic carbocycles. The van der Waals surface area contributed by atoms with Crippen molar-refractivity contribution < 1.29 is 9.53 Å². The van der Waals surface area contributed by atoms with Crippen molar-refractivity contribution in [2.45, 2.75) is 31.7 Å². The van der Waals surface area contributed by atoms with E-state index >= 15 is 0 Å². The summed E-state index contributed by atoms with van der Waals surface area (Å²) < 4.78 is 4.82. The van der Waals surface area contributed by atoms with E-state index in [2.05, 4.69) is 10.2 Å². The molecule has 0 N–H and O–H groups in total. The van der Waals surface area contributed by atoms with Crippen LogP contribution in [-0.2, 0) is 9.53 Å². The molecule has 15 heavy (non-hydrogen) atoms. The van der Waals surface area contributed by atoms with Gasteiger partial charge < -0.3 is 4.74 Å². The first-order valence-electron chi connectivity index (χ1n) is 5.75. The van der Waals surface area contributed by atoms with Crippen LogP contribution in [0.2, 0.25) is 0 Å². The van der Waals surface area contributed by atoms with Gasteiger partial charge in [-0.1, -0.05) is 12.8 Å². The molecule has 3 unspecified atom stereocenters. The Labute approximate surface area is 89.1 Å². The topological polar surface area (TPSA) is 51.0 Å². The van der Waals surface area contributed by atoms with Gasteiger partial charge in [-0.25, -0.2) is 4.79 Å². The molecule has 2 saturated carbocycles. The highest BCUT2D eigenvalue weighted by Gasteiger charge is 2.71. The Hall–Kier alpha value is -0.930. The first-order valence-corrected chi connectivity index (χ1v) is 5.75. The zero-order valence-corrected chi connectivity index (χ0v) is 8.98. The second-order valence-electron chi connectivity index (χ2n) is 4.95. The molecule has 1 heterocycles. The molecule has 4 heteroatoms. The molecule has 0 aromatic heterocycles. The predicted octanol–water partition coefficient (Wildman–Crippen LogP) is 1.80. The minimum atomic E-state index is -0.296. The Kier molecular flexibility index (Phi) is 1.88. The van der Waals surface area contributed by atoms with Gasteiger partial charge in [0.05, 0.1) is 13.7 Å². The van der Waals surface area contributed by atoms with E-state index in [-0.39, 0.29) is 17.4 Å². The van der Waals surface area contributed by atoms with Crippen molar-refractivity contribution in [2.24, 2.45) is 27.5 Å². The fraction of sp³-hybridized carbons (Fsp3) is 0.909. The van der Waals surface area contributed by atoms with Gasteiger partial charge >= 0.3 is 5.97 Å². The molecule has 0 radical (unpaired) electrons. The van der Waals surface area contributed by atoms with Gasteiger partial charge in [0.1, 0.15) is 0 Å². The molecule has 3 rings (SSSR count). The summed E-state index contributed by atoms with van der Waals surface area (Å²) in [5, 5.41) is 8.19. The molecule has 0 aromatic carbocycles. The van der Waals surface area contributed by atoms with Crippen LogP contribution < -0.4 is 0 Å². The lowest BCUT2D eigenvalue weighted by Crippen LogP contribution is -2.31. The van der Waals surface area contributed by atoms with Gasteiger partial charge in [-0.05, 0) is 24.7 Å². The lowest BCUT2D eigenvalue weighted by atomic mass is 9.93. The third-order valence-corrected chi connectivity index (χ3v) is 4.51. The third kappa shape index (κ3) is 1.05. The second kappa shape index (κ2) is 3.03. The Bertz CT molecular complexity index is 315. The number of azo groups is 1. The zero-order valence-electron chi connectivity index (χ0n) is 8.98. The standard InChI is InChI=1S/C11H16N2O2/c1-15-10(14)9-11(6-12-13-9)7-4-2-3-5-8(7)11/h7-9H,2-6H2,1H3. The SMILES string of the molecule is COC(=O)C1N=NCC12C1CCCCC12. The summed E-state index contributed by atoms with van der Waals surface area (Å²) in [4.78, 5) is 11.6. The van der Waals surface area contributed by atoms with Crippen LogP contribution in [0.4, 0.5) is 0 Å². The van der Waals surface area contributed by atoms with E-state index in [0.29, 0.717) is 11.8 Å². The zero-order chi connectivity index (χ0) is 10.5. The van der Waals surface area contributed by atoms with Crippen LogP contribution in [0.1, 0.15) is 25.7 Å². The number of hydrogen-bond acceptors (Lipinski definition) is 4. The number of ether oxygens (including phenoxy) is 1. The number of carbonyl (C=O) groups excluding carboxylic acids is 1. The molecule has 1 aliphatic heterocycles. The average molecular weight is 208 g/mol. The highest BCUT2D eigenvalue weighted by molar-refractivity contribution is 5.78. The van der Waals surface area contributed by atoms with Crippen molar-refractivity contribution in [3.63, 3.8) is 0 Å². The van der Waals surface area contributed by atoms with Gasteiger partial charge in [0, 0.05) is 5.41 Å². The minimum Gasteiger partial charge on any atom is -0.467 e. The van der Waals surface area contributed by atoms with E-state index in [0.717, 1.165) is 6.54 Å². The van der Waals surface area contributed by atoms with Crippen molar-refractivity contribution in [3.8, 4) is 0 Å². The maximum absolute atomic E-state index is 11.6. The molecule has 82 valence electrons. The highest BCUT2D eigenvalue weighted by atomic mass is 16.5. The molecule has 2 fully saturated rings. The first-order chi connectivity index (χ1) is 7.30. The van der Waals surface area contributed by atoms with Crippen LogP contribution in [0.3, 0.4) is 0 Å². The molecule has 0 bridgehead atoms. The summed E-state index contributed by atoms with van der Waals surface area (Å²) in [5.41, 5.74) is 0.0730. The second-order valence-corrected chi connectivity index (χ2v) is 4.95. The van der Waals surface area contributed by atoms with Crippen molar-refractivity contribution in [2.75, 3.05) is 13.7 Å². The molecule has 3 atom stereocenters. The molecule has 1 spiro atoms. The molecule has 0 amide bonds. The smallest absolute Gasteiger partial charge is 0.333 e. The monoisotopic (exact) mass is 208 g/mol. The Morgan fingerprint density at radius 2 is 2.00 bits per heavy atom. The summed E-state index contributed by atoms with van der Waals surface area (Å²) in [6.45, 7) is 0.752. The molecular formula is C11H16N2O2. The largest absolute Gasteiger partial charge is 0.467 e. The van der Waals surface area contributed by atoms with Crippen molar-refractivity contribution in [1.29, 1.82) is 0 Å². The van der Waals surface area contributed by atoms with Gasteiger partial charge in [-0.15, -0.1) is 0 Å². The van der Waals surface area contributed by atoms with Crippen LogP contribution >= 0.6 is 0 Å². The Morgan fingerprint density at radius 3 is 2.60 bits per heavy atom. The molecule has 4 nitrogen and oxygen atoms in total. The van der Waals surface area contributed by atoms with Crippen molar-refractivity contribution in [3.05, 3.63) is 0 Å². The van der Waals surface area contributed by atoms with E-state index in [1.165, 1.54) is 32.8 Å². The van der Waals surface area contributed by atoms with Gasteiger partial charge in [0.25, 0.3) is 0 Å². The van der Waals surface area contributed by atoms with E-state index in [1.807, 2.05) is 0 Å². The average Bonchev–Trinajstić information content (AvgIpc) is 2.71. The van der Waals surface area contributed by atoms with Crippen LogP contribution in [-0.4, -0.2) is 25.7 Å². The Morgan fingerprint density at radius 1 is 1.33 bits per heavy atom. The van der Waals surface area contributed by atoms with Crippen molar-refractivity contribution in [1.82, 2.24) is 0 Å². The molecule has 0 saturated heterocycles. The maximum atomic E-state index is 11.6. The van der Waals surface area contributed by atoms with Crippen molar-refractivity contribution >= 4 is 5.97 Å². The van der Waals surface area contributed by atoms with Crippen LogP contribution in [0, 0.1) is 17.3 Å². The fourth-order valence-electron chi connectivity index (χ4n) is 3.75. The van der Waals surface area contributed by atoms with E-state index < -0.39 is 0 Å². The quantitative estimate of drug-likeness (QED) is 0.617. The maximum Gasteiger partial charge on any atom is 0.333 e. The number of hydrogen-bond donors (Lipinski definition) is 0. The first kappa shape index (κ1) is 9.31. The van der Waals surface area contributed by atoms with Gasteiger partial charge in [0.15, 0.2) is 6.04 Å². The summed E-state index contributed by atoms with van der Waals surface area (Å²) in [7, 11) is 1.44. The minimum absolute atomic E-state index is 0.0730.